The molecule has 0 saturated heterocycles. The van der Waals surface area contributed by atoms with Crippen LogP contribution in [0.1, 0.15) is 22.0 Å². The van der Waals surface area contributed by atoms with Crippen molar-refractivity contribution in [2.24, 2.45) is 0 Å². The van der Waals surface area contributed by atoms with Crippen LogP contribution in [0.3, 0.4) is 0 Å². The van der Waals surface area contributed by atoms with Gasteiger partial charge in [-0.3, -0.25) is 9.36 Å². The molecule has 88 valence electrons. The summed E-state index contributed by atoms with van der Waals surface area (Å²) in [7, 11) is 0. The smallest absolute Gasteiger partial charge is 0.341 e. The minimum atomic E-state index is -1.29. The predicted molar refractivity (Wildman–Crippen MR) is 71.0 cm³/mol. The van der Waals surface area contributed by atoms with Gasteiger partial charge in [0.25, 0.3) is 5.56 Å². The predicted octanol–water partition coefficient (Wildman–Crippen LogP) is 1.50. The van der Waals surface area contributed by atoms with Crippen molar-refractivity contribution in [1.29, 1.82) is 5.26 Å². The summed E-state index contributed by atoms with van der Waals surface area (Å²) in [4.78, 5) is 22.9. The molecule has 0 unspecified atom stereocenters. The number of carbonyl (C=O) groups is 1. The second-order valence-electron chi connectivity index (χ2n) is 3.49. The molecule has 1 atom stereocenters. The van der Waals surface area contributed by atoms with Gasteiger partial charge in [-0.2, -0.15) is 5.26 Å². The zero-order chi connectivity index (χ0) is 12.6. The molecule has 0 spiro atoms. The van der Waals surface area contributed by atoms with E-state index in [2.05, 4.69) is 22.6 Å². The van der Waals surface area contributed by atoms with Crippen molar-refractivity contribution in [3.63, 3.8) is 0 Å². The van der Waals surface area contributed by atoms with E-state index in [0.29, 0.717) is 15.2 Å². The van der Waals surface area contributed by atoms with Crippen molar-refractivity contribution in [3.8, 4) is 6.07 Å². The summed E-state index contributed by atoms with van der Waals surface area (Å²) in [5.41, 5.74) is -0.583. The van der Waals surface area contributed by atoms with Crippen LogP contribution in [0.5, 0.6) is 0 Å². The topological polar surface area (TPSA) is 83.1 Å². The molecular formula is C10H7IN2O3S. The van der Waals surface area contributed by atoms with Gasteiger partial charge in [-0.05, 0) is 6.07 Å². The first kappa shape index (κ1) is 12.4. The quantitative estimate of drug-likeness (QED) is 0.637. The standard InChI is InChI=1S/C10H7IN2O3S/c11-2-6-4-17-9-5(3-12)1-7(10(15)16)8(14)13(6)9/h1,6H,2,4H2,(H,15,16)/t6-/m0/s1. The van der Waals surface area contributed by atoms with Crippen LogP contribution < -0.4 is 5.56 Å². The second-order valence-corrected chi connectivity index (χ2v) is 5.38. The van der Waals surface area contributed by atoms with Crippen LogP contribution >= 0.6 is 34.4 Å². The number of hydrogen-bond acceptors (Lipinski definition) is 4. The first-order valence-corrected chi connectivity index (χ1v) is 7.23. The third-order valence-electron chi connectivity index (χ3n) is 2.49. The SMILES string of the molecule is N#Cc1cc(C(=O)O)c(=O)n2c1SC[C@@H]2CI. The Morgan fingerprint density at radius 3 is 3.00 bits per heavy atom. The van der Waals surface area contributed by atoms with E-state index in [9.17, 15) is 9.59 Å². The number of alkyl halides is 1. The Morgan fingerprint density at radius 1 is 1.76 bits per heavy atom. The highest BCUT2D eigenvalue weighted by Crippen LogP contribution is 2.35. The van der Waals surface area contributed by atoms with Crippen molar-refractivity contribution in [2.45, 2.75) is 11.1 Å². The van der Waals surface area contributed by atoms with Gasteiger partial charge in [-0.1, -0.05) is 22.6 Å². The zero-order valence-electron chi connectivity index (χ0n) is 8.51. The van der Waals surface area contributed by atoms with Crippen molar-refractivity contribution in [3.05, 3.63) is 27.5 Å². The molecule has 1 aromatic heterocycles. The number of hydrogen-bond donors (Lipinski definition) is 1. The van der Waals surface area contributed by atoms with E-state index in [0.717, 1.165) is 0 Å². The van der Waals surface area contributed by atoms with E-state index in [1.165, 1.54) is 22.4 Å². The molecule has 0 bridgehead atoms. The van der Waals surface area contributed by atoms with Crippen molar-refractivity contribution in [1.82, 2.24) is 4.57 Å². The summed E-state index contributed by atoms with van der Waals surface area (Å²) in [5.74, 6) is -0.582. The fraction of sp³-hybridized carbons (Fsp3) is 0.300. The maximum atomic E-state index is 12.0. The van der Waals surface area contributed by atoms with Crippen LogP contribution in [-0.4, -0.2) is 25.8 Å². The Balaban J connectivity index is 2.77. The third kappa shape index (κ3) is 1.95. The number of halogens is 1. The van der Waals surface area contributed by atoms with Crippen LogP contribution in [0.4, 0.5) is 0 Å². The molecule has 0 aromatic carbocycles. The molecule has 0 fully saturated rings. The van der Waals surface area contributed by atoms with E-state index >= 15 is 0 Å². The van der Waals surface area contributed by atoms with Gasteiger partial charge in [-0.15, -0.1) is 11.8 Å². The number of aromatic carboxylic acids is 1. The van der Waals surface area contributed by atoms with Crippen molar-refractivity contribution < 1.29 is 9.90 Å². The van der Waals surface area contributed by atoms with Gasteiger partial charge in [0.15, 0.2) is 0 Å². The summed E-state index contributed by atoms with van der Waals surface area (Å²) in [6.45, 7) is 0. The molecular weight excluding hydrogens is 355 g/mol. The average Bonchev–Trinajstić information content (AvgIpc) is 2.73. The van der Waals surface area contributed by atoms with E-state index in [4.69, 9.17) is 10.4 Å². The Hall–Kier alpha value is -1.01. The van der Waals surface area contributed by atoms with Crippen LogP contribution in [0.25, 0.3) is 0 Å². The Bertz CT molecular complexity index is 590. The fourth-order valence-corrected chi connectivity index (χ4v) is 4.07. The molecule has 0 radical (unpaired) electrons. The van der Waals surface area contributed by atoms with Gasteiger partial charge in [0, 0.05) is 10.2 Å². The summed E-state index contributed by atoms with van der Waals surface area (Å²) in [6.07, 6.45) is 0. The van der Waals surface area contributed by atoms with Gasteiger partial charge in [0.2, 0.25) is 0 Å². The zero-order valence-corrected chi connectivity index (χ0v) is 11.5. The maximum absolute atomic E-state index is 12.0. The molecule has 1 aliphatic heterocycles. The Morgan fingerprint density at radius 2 is 2.47 bits per heavy atom. The van der Waals surface area contributed by atoms with Crippen LogP contribution in [0.15, 0.2) is 15.9 Å². The fourth-order valence-electron chi connectivity index (χ4n) is 1.70. The third-order valence-corrected chi connectivity index (χ3v) is 4.75. The Kier molecular flexibility index (Phi) is 3.44. The number of rotatable bonds is 2. The molecule has 17 heavy (non-hydrogen) atoms. The van der Waals surface area contributed by atoms with E-state index < -0.39 is 11.5 Å². The molecule has 1 aliphatic rings. The number of fused-ring (bicyclic) bond motifs is 1. The molecule has 1 aromatic rings. The van der Waals surface area contributed by atoms with Gasteiger partial charge in [-0.25, -0.2) is 4.79 Å². The summed E-state index contributed by atoms with van der Waals surface area (Å²) >= 11 is 3.58. The molecule has 0 amide bonds. The maximum Gasteiger partial charge on any atom is 0.341 e. The summed E-state index contributed by atoms with van der Waals surface area (Å²) < 4.78 is 2.16. The summed E-state index contributed by atoms with van der Waals surface area (Å²) in [5, 5.41) is 18.5. The van der Waals surface area contributed by atoms with Gasteiger partial charge in [0.05, 0.1) is 16.6 Å². The van der Waals surface area contributed by atoms with Gasteiger partial charge in [0.1, 0.15) is 11.6 Å². The number of carboxylic acids is 1. The first-order valence-electron chi connectivity index (χ1n) is 4.71. The van der Waals surface area contributed by atoms with Crippen molar-refractivity contribution in [2.75, 3.05) is 10.2 Å². The van der Waals surface area contributed by atoms with Crippen LogP contribution in [0, 0.1) is 11.3 Å². The molecule has 1 N–H and O–H groups in total. The number of nitrogens with zero attached hydrogens (tertiary/aromatic N) is 2. The lowest BCUT2D eigenvalue weighted by Gasteiger charge is -2.11. The molecule has 0 aliphatic carbocycles. The van der Waals surface area contributed by atoms with Crippen LogP contribution in [0.2, 0.25) is 0 Å². The molecule has 7 heteroatoms. The minimum Gasteiger partial charge on any atom is -0.477 e. The number of nitriles is 1. The lowest BCUT2D eigenvalue weighted by Crippen LogP contribution is -2.29. The number of pyridine rings is 1. The van der Waals surface area contributed by atoms with Gasteiger partial charge >= 0.3 is 5.97 Å². The highest BCUT2D eigenvalue weighted by molar-refractivity contribution is 14.1. The molecule has 2 heterocycles. The van der Waals surface area contributed by atoms with Gasteiger partial charge < -0.3 is 5.11 Å². The largest absolute Gasteiger partial charge is 0.477 e. The number of carboxylic acid groups (broad SMARTS) is 1. The molecule has 5 nitrogen and oxygen atoms in total. The first-order chi connectivity index (χ1) is 8.10. The summed E-state index contributed by atoms with van der Waals surface area (Å²) in [6, 6.07) is 3.08. The van der Waals surface area contributed by atoms with Crippen molar-refractivity contribution >= 4 is 40.3 Å². The number of aromatic nitrogens is 1. The second kappa shape index (κ2) is 4.70. The molecule has 2 rings (SSSR count). The Labute approximate surface area is 115 Å². The van der Waals surface area contributed by atoms with Crippen LogP contribution in [-0.2, 0) is 0 Å². The van der Waals surface area contributed by atoms with E-state index in [-0.39, 0.29) is 17.2 Å². The lowest BCUT2D eigenvalue weighted by molar-refractivity contribution is 0.0694. The monoisotopic (exact) mass is 362 g/mol. The highest BCUT2D eigenvalue weighted by Gasteiger charge is 2.28. The van der Waals surface area contributed by atoms with E-state index in [1.807, 2.05) is 6.07 Å². The lowest BCUT2D eigenvalue weighted by atomic mass is 10.2. The normalized spacial score (nSPS) is 17.5. The highest BCUT2D eigenvalue weighted by atomic mass is 127. The number of thioether (sulfide) groups is 1. The minimum absolute atomic E-state index is 0.0329. The van der Waals surface area contributed by atoms with E-state index in [1.54, 1.807) is 0 Å². The average molecular weight is 362 g/mol. The molecule has 0 saturated carbocycles.